The summed E-state index contributed by atoms with van der Waals surface area (Å²) < 4.78 is 31.6. The maximum absolute atomic E-state index is 12.0. The molecule has 1 aromatic carbocycles. The number of pyridine rings is 1. The number of aromatic nitrogens is 1. The van der Waals surface area contributed by atoms with E-state index in [0.717, 1.165) is 0 Å². The van der Waals surface area contributed by atoms with Gasteiger partial charge in [0.05, 0.1) is 0 Å². The standard InChI is InChI=1S/C13H11N3O3S/c14-7-9-19-12-5-3-11(4-6-12)16-20(17,18)13-2-1-8-15-10-13/h1-6,8,10,16H,9H2. The second-order valence-corrected chi connectivity index (χ2v) is 5.45. The zero-order valence-corrected chi connectivity index (χ0v) is 11.2. The molecule has 7 heteroatoms. The first-order valence-electron chi connectivity index (χ1n) is 5.64. The van der Waals surface area contributed by atoms with Gasteiger partial charge in [-0.25, -0.2) is 8.42 Å². The quantitative estimate of drug-likeness (QED) is 0.905. The summed E-state index contributed by atoms with van der Waals surface area (Å²) in [5, 5.41) is 8.39. The van der Waals surface area contributed by atoms with E-state index >= 15 is 0 Å². The topological polar surface area (TPSA) is 92.1 Å². The third kappa shape index (κ3) is 3.46. The SMILES string of the molecule is N#CCOc1ccc(NS(=O)(=O)c2cccnc2)cc1. The number of ether oxygens (including phenoxy) is 1. The molecule has 0 atom stereocenters. The maximum Gasteiger partial charge on any atom is 0.263 e. The predicted molar refractivity (Wildman–Crippen MR) is 72.6 cm³/mol. The maximum atomic E-state index is 12.0. The Hall–Kier alpha value is -2.59. The van der Waals surface area contributed by atoms with Crippen LogP contribution in [0.4, 0.5) is 5.69 Å². The van der Waals surface area contributed by atoms with Crippen molar-refractivity contribution in [2.24, 2.45) is 0 Å². The lowest BCUT2D eigenvalue weighted by atomic mass is 10.3. The number of sulfonamides is 1. The molecule has 0 aliphatic heterocycles. The Balaban J connectivity index is 2.12. The van der Waals surface area contributed by atoms with Crippen molar-refractivity contribution in [1.82, 2.24) is 4.98 Å². The molecule has 0 aliphatic rings. The van der Waals surface area contributed by atoms with Crippen molar-refractivity contribution in [3.8, 4) is 11.8 Å². The molecular weight excluding hydrogens is 278 g/mol. The molecule has 0 spiro atoms. The summed E-state index contributed by atoms with van der Waals surface area (Å²) in [5.41, 5.74) is 0.401. The number of nitrogens with one attached hydrogen (secondary N) is 1. The van der Waals surface area contributed by atoms with Gasteiger partial charge in [0.25, 0.3) is 10.0 Å². The van der Waals surface area contributed by atoms with Crippen LogP contribution < -0.4 is 9.46 Å². The summed E-state index contributed by atoms with van der Waals surface area (Å²) in [4.78, 5) is 3.86. The summed E-state index contributed by atoms with van der Waals surface area (Å²) in [6.07, 6.45) is 2.77. The predicted octanol–water partition coefficient (Wildman–Crippen LogP) is 1.78. The van der Waals surface area contributed by atoms with Crippen molar-refractivity contribution in [2.75, 3.05) is 11.3 Å². The fraction of sp³-hybridized carbons (Fsp3) is 0.0769. The van der Waals surface area contributed by atoms with E-state index in [9.17, 15) is 8.42 Å². The second kappa shape index (κ2) is 6.04. The summed E-state index contributed by atoms with van der Waals surface area (Å²) in [6, 6.07) is 11.1. The van der Waals surface area contributed by atoms with Crippen molar-refractivity contribution in [3.63, 3.8) is 0 Å². The zero-order chi connectivity index (χ0) is 14.4. The Morgan fingerprint density at radius 2 is 2.00 bits per heavy atom. The number of anilines is 1. The van der Waals surface area contributed by atoms with Crippen LogP contribution in [0.5, 0.6) is 5.75 Å². The van der Waals surface area contributed by atoms with Gasteiger partial charge >= 0.3 is 0 Å². The molecule has 0 saturated carbocycles. The zero-order valence-electron chi connectivity index (χ0n) is 10.4. The van der Waals surface area contributed by atoms with Crippen LogP contribution >= 0.6 is 0 Å². The van der Waals surface area contributed by atoms with Gasteiger partial charge in [0, 0.05) is 18.1 Å². The van der Waals surface area contributed by atoms with Gasteiger partial charge in [-0.1, -0.05) is 0 Å². The molecule has 2 rings (SSSR count). The van der Waals surface area contributed by atoms with Crippen LogP contribution in [-0.4, -0.2) is 20.0 Å². The van der Waals surface area contributed by atoms with E-state index in [1.807, 2.05) is 6.07 Å². The van der Waals surface area contributed by atoms with E-state index in [1.165, 1.54) is 18.5 Å². The van der Waals surface area contributed by atoms with E-state index in [2.05, 4.69) is 9.71 Å². The Kier molecular flexibility index (Phi) is 4.17. The molecule has 1 N–H and O–H groups in total. The fourth-order valence-corrected chi connectivity index (χ4v) is 2.48. The number of benzene rings is 1. The van der Waals surface area contributed by atoms with Crippen molar-refractivity contribution in [3.05, 3.63) is 48.8 Å². The highest BCUT2D eigenvalue weighted by Crippen LogP contribution is 2.18. The van der Waals surface area contributed by atoms with Gasteiger partial charge in [-0.3, -0.25) is 9.71 Å². The molecule has 102 valence electrons. The van der Waals surface area contributed by atoms with Crippen LogP contribution in [0.1, 0.15) is 0 Å². The lowest BCUT2D eigenvalue weighted by Gasteiger charge is -2.08. The molecule has 6 nitrogen and oxygen atoms in total. The lowest BCUT2D eigenvalue weighted by Crippen LogP contribution is -2.12. The Morgan fingerprint density at radius 3 is 2.60 bits per heavy atom. The molecule has 0 radical (unpaired) electrons. The number of nitriles is 1. The van der Waals surface area contributed by atoms with E-state index in [4.69, 9.17) is 10.00 Å². The minimum atomic E-state index is -3.65. The molecule has 1 aromatic heterocycles. The number of hydrogen-bond donors (Lipinski definition) is 1. The Morgan fingerprint density at radius 1 is 1.25 bits per heavy atom. The minimum Gasteiger partial charge on any atom is -0.479 e. The normalized spacial score (nSPS) is 10.6. The first kappa shape index (κ1) is 13.8. The van der Waals surface area contributed by atoms with Crippen LogP contribution in [0.2, 0.25) is 0 Å². The molecular formula is C13H11N3O3S. The third-order valence-corrected chi connectivity index (χ3v) is 3.72. The van der Waals surface area contributed by atoms with Crippen molar-refractivity contribution in [1.29, 1.82) is 5.26 Å². The average Bonchev–Trinajstić information content (AvgIpc) is 2.47. The van der Waals surface area contributed by atoms with Crippen LogP contribution in [0.3, 0.4) is 0 Å². The van der Waals surface area contributed by atoms with Gasteiger partial charge < -0.3 is 4.74 Å². The van der Waals surface area contributed by atoms with Crippen LogP contribution in [-0.2, 0) is 10.0 Å². The van der Waals surface area contributed by atoms with E-state index in [1.54, 1.807) is 30.3 Å². The fourth-order valence-electron chi connectivity index (χ4n) is 1.45. The van der Waals surface area contributed by atoms with Crippen LogP contribution in [0.15, 0.2) is 53.7 Å². The highest BCUT2D eigenvalue weighted by Gasteiger charge is 2.13. The minimum absolute atomic E-state index is 0.0548. The molecule has 0 amide bonds. The molecule has 0 fully saturated rings. The first-order chi connectivity index (χ1) is 9.62. The molecule has 20 heavy (non-hydrogen) atoms. The summed E-state index contributed by atoms with van der Waals surface area (Å²) in [5.74, 6) is 0.496. The van der Waals surface area contributed by atoms with E-state index in [-0.39, 0.29) is 11.5 Å². The van der Waals surface area contributed by atoms with Gasteiger partial charge in [0.2, 0.25) is 0 Å². The molecule has 0 aliphatic carbocycles. The molecule has 0 bridgehead atoms. The number of hydrogen-bond acceptors (Lipinski definition) is 5. The first-order valence-corrected chi connectivity index (χ1v) is 7.13. The smallest absolute Gasteiger partial charge is 0.263 e. The van der Waals surface area contributed by atoms with E-state index in [0.29, 0.717) is 11.4 Å². The highest BCUT2D eigenvalue weighted by atomic mass is 32.2. The molecule has 0 saturated heterocycles. The number of nitrogens with zero attached hydrogens (tertiary/aromatic N) is 2. The number of rotatable bonds is 5. The third-order valence-electron chi connectivity index (χ3n) is 2.35. The van der Waals surface area contributed by atoms with Crippen LogP contribution in [0, 0.1) is 11.3 Å². The average molecular weight is 289 g/mol. The van der Waals surface area contributed by atoms with Crippen molar-refractivity contribution >= 4 is 15.7 Å². The van der Waals surface area contributed by atoms with Gasteiger partial charge in [-0.05, 0) is 36.4 Å². The lowest BCUT2D eigenvalue weighted by molar-refractivity contribution is 0.368. The van der Waals surface area contributed by atoms with Gasteiger partial charge in [0.1, 0.15) is 16.7 Å². The van der Waals surface area contributed by atoms with E-state index < -0.39 is 10.0 Å². The molecule has 0 unspecified atom stereocenters. The van der Waals surface area contributed by atoms with Gasteiger partial charge in [-0.15, -0.1) is 0 Å². The summed E-state index contributed by atoms with van der Waals surface area (Å²) in [6.45, 7) is -0.0548. The summed E-state index contributed by atoms with van der Waals surface area (Å²) in [7, 11) is -3.65. The van der Waals surface area contributed by atoms with Gasteiger partial charge in [-0.2, -0.15) is 5.26 Å². The van der Waals surface area contributed by atoms with Crippen molar-refractivity contribution < 1.29 is 13.2 Å². The Labute approximate surface area is 116 Å². The monoisotopic (exact) mass is 289 g/mol. The Bertz CT molecular complexity index is 707. The molecule has 1 heterocycles. The van der Waals surface area contributed by atoms with Crippen molar-refractivity contribution in [2.45, 2.75) is 4.90 Å². The largest absolute Gasteiger partial charge is 0.479 e. The van der Waals surface area contributed by atoms with Gasteiger partial charge in [0.15, 0.2) is 6.61 Å². The summed E-state index contributed by atoms with van der Waals surface area (Å²) >= 11 is 0. The highest BCUT2D eigenvalue weighted by molar-refractivity contribution is 7.92. The molecule has 2 aromatic rings. The second-order valence-electron chi connectivity index (χ2n) is 3.77. The van der Waals surface area contributed by atoms with Crippen LogP contribution in [0.25, 0.3) is 0 Å².